The quantitative estimate of drug-likeness (QED) is 0.903. The molecule has 138 valence electrons. The van der Waals surface area contributed by atoms with Crippen LogP contribution < -0.4 is 10.1 Å². The van der Waals surface area contributed by atoms with Crippen molar-refractivity contribution in [2.75, 3.05) is 13.1 Å². The maximum atomic E-state index is 12.6. The Morgan fingerprint density at radius 1 is 1.19 bits per heavy atom. The van der Waals surface area contributed by atoms with Crippen LogP contribution in [0.2, 0.25) is 0 Å². The van der Waals surface area contributed by atoms with Crippen LogP contribution in [-0.4, -0.2) is 35.1 Å². The molecule has 0 saturated carbocycles. The molecule has 1 aromatic carbocycles. The van der Waals surface area contributed by atoms with Crippen molar-refractivity contribution in [3.63, 3.8) is 0 Å². The topological polar surface area (TPSA) is 54.5 Å². The van der Waals surface area contributed by atoms with Gasteiger partial charge in [0.2, 0.25) is 0 Å². The number of hydrogen-bond donors (Lipinski definition) is 1. The summed E-state index contributed by atoms with van der Waals surface area (Å²) in [6.45, 7) is 7.63. The third-order valence-corrected chi connectivity index (χ3v) is 4.91. The van der Waals surface area contributed by atoms with E-state index in [-0.39, 0.29) is 18.2 Å². The van der Waals surface area contributed by atoms with Crippen LogP contribution in [0, 0.1) is 13.8 Å². The maximum absolute atomic E-state index is 12.6. The zero-order chi connectivity index (χ0) is 18.5. The van der Waals surface area contributed by atoms with E-state index in [1.165, 1.54) is 16.7 Å². The predicted octanol–water partition coefficient (Wildman–Crippen LogP) is 4.01. The van der Waals surface area contributed by atoms with Crippen LogP contribution in [-0.2, 0) is 0 Å². The van der Waals surface area contributed by atoms with E-state index in [0.29, 0.717) is 13.1 Å². The summed E-state index contributed by atoms with van der Waals surface area (Å²) in [5, 5.41) is 3.13. The molecule has 2 amide bonds. The molecule has 0 radical (unpaired) electrons. The fraction of sp³-hybridized carbons (Fsp3) is 0.429. The molecule has 26 heavy (non-hydrogen) atoms. The van der Waals surface area contributed by atoms with Gasteiger partial charge in [0.05, 0.1) is 6.04 Å². The lowest BCUT2D eigenvalue weighted by Gasteiger charge is -2.33. The summed E-state index contributed by atoms with van der Waals surface area (Å²) < 4.78 is 5.96. The molecule has 1 fully saturated rings. The minimum atomic E-state index is -0.00566. The Morgan fingerprint density at radius 2 is 1.88 bits per heavy atom. The molecule has 2 aromatic rings. The van der Waals surface area contributed by atoms with Gasteiger partial charge in [0.15, 0.2) is 0 Å². The average Bonchev–Trinajstić information content (AvgIpc) is 2.63. The lowest BCUT2D eigenvalue weighted by molar-refractivity contribution is 0.110. The van der Waals surface area contributed by atoms with Crippen LogP contribution in [0.15, 0.2) is 42.7 Å². The molecular formula is C21H27N3O2. The number of hydrogen-bond acceptors (Lipinski definition) is 3. The molecule has 1 saturated heterocycles. The number of nitrogens with zero attached hydrogens (tertiary/aromatic N) is 2. The largest absolute Gasteiger partial charge is 0.490 e. The first-order valence-electron chi connectivity index (χ1n) is 9.22. The molecule has 0 aliphatic carbocycles. The van der Waals surface area contributed by atoms with Gasteiger partial charge in [0.25, 0.3) is 0 Å². The smallest absolute Gasteiger partial charge is 0.317 e. The number of likely N-dealkylation sites (tertiary alicyclic amines) is 1. The van der Waals surface area contributed by atoms with E-state index in [2.05, 4.69) is 42.3 Å². The number of aryl methyl sites for hydroxylation is 2. The minimum Gasteiger partial charge on any atom is -0.490 e. The molecule has 5 heteroatoms. The lowest BCUT2D eigenvalue weighted by Crippen LogP contribution is -2.47. The predicted molar refractivity (Wildman–Crippen MR) is 102 cm³/mol. The number of ether oxygens (including phenoxy) is 1. The Labute approximate surface area is 155 Å². The lowest BCUT2D eigenvalue weighted by atomic mass is 10.0. The molecular weight excluding hydrogens is 326 g/mol. The molecule has 0 bridgehead atoms. The van der Waals surface area contributed by atoms with Gasteiger partial charge in [0, 0.05) is 38.3 Å². The Balaban J connectivity index is 1.50. The van der Waals surface area contributed by atoms with E-state index in [0.717, 1.165) is 18.6 Å². The van der Waals surface area contributed by atoms with Gasteiger partial charge >= 0.3 is 6.03 Å². The molecule has 1 aliphatic heterocycles. The highest BCUT2D eigenvalue weighted by Crippen LogP contribution is 2.21. The number of rotatable bonds is 4. The van der Waals surface area contributed by atoms with E-state index >= 15 is 0 Å². The number of aromatic nitrogens is 1. The SMILES string of the molecule is Cc1ccc([C@H](C)NC(=O)N2CCC(Oc3ccncc3)CC2)c(C)c1. The number of urea groups is 1. The van der Waals surface area contributed by atoms with Crippen LogP contribution in [0.3, 0.4) is 0 Å². The number of nitrogens with one attached hydrogen (secondary N) is 1. The third-order valence-electron chi connectivity index (χ3n) is 4.91. The van der Waals surface area contributed by atoms with Crippen molar-refractivity contribution in [3.8, 4) is 5.75 Å². The second-order valence-electron chi connectivity index (χ2n) is 7.02. The Morgan fingerprint density at radius 3 is 2.54 bits per heavy atom. The minimum absolute atomic E-state index is 0.000152. The van der Waals surface area contributed by atoms with Crippen LogP contribution in [0.25, 0.3) is 0 Å². The Hall–Kier alpha value is -2.56. The summed E-state index contributed by atoms with van der Waals surface area (Å²) in [4.78, 5) is 18.5. The van der Waals surface area contributed by atoms with E-state index in [4.69, 9.17) is 4.74 Å². The molecule has 1 aromatic heterocycles. The molecule has 3 rings (SSSR count). The average molecular weight is 353 g/mol. The van der Waals surface area contributed by atoms with Crippen LogP contribution >= 0.6 is 0 Å². The highest BCUT2D eigenvalue weighted by atomic mass is 16.5. The van der Waals surface area contributed by atoms with Gasteiger partial charge in [0.1, 0.15) is 11.9 Å². The van der Waals surface area contributed by atoms with Crippen LogP contribution in [0.5, 0.6) is 5.75 Å². The number of piperidine rings is 1. The van der Waals surface area contributed by atoms with E-state index in [9.17, 15) is 4.79 Å². The van der Waals surface area contributed by atoms with Crippen molar-refractivity contribution in [3.05, 3.63) is 59.4 Å². The van der Waals surface area contributed by atoms with Gasteiger partial charge in [-0.25, -0.2) is 4.79 Å². The normalized spacial score (nSPS) is 16.2. The zero-order valence-corrected chi connectivity index (χ0v) is 15.7. The van der Waals surface area contributed by atoms with Gasteiger partial charge in [-0.1, -0.05) is 23.8 Å². The van der Waals surface area contributed by atoms with Crippen molar-refractivity contribution >= 4 is 6.03 Å². The van der Waals surface area contributed by atoms with Gasteiger partial charge in [-0.05, 0) is 44.0 Å². The monoisotopic (exact) mass is 353 g/mol. The number of pyridine rings is 1. The van der Waals surface area contributed by atoms with Crippen molar-refractivity contribution in [1.82, 2.24) is 15.2 Å². The second kappa shape index (κ2) is 8.21. The van der Waals surface area contributed by atoms with Crippen molar-refractivity contribution in [2.45, 2.75) is 45.8 Å². The fourth-order valence-corrected chi connectivity index (χ4v) is 3.45. The van der Waals surface area contributed by atoms with E-state index in [1.54, 1.807) is 12.4 Å². The number of carbonyl (C=O) groups is 1. The van der Waals surface area contributed by atoms with Gasteiger partial charge in [-0.3, -0.25) is 4.98 Å². The highest BCUT2D eigenvalue weighted by molar-refractivity contribution is 5.74. The molecule has 0 spiro atoms. The molecule has 2 heterocycles. The van der Waals surface area contributed by atoms with E-state index in [1.807, 2.05) is 24.0 Å². The summed E-state index contributed by atoms with van der Waals surface area (Å²) in [7, 11) is 0. The third kappa shape index (κ3) is 4.54. The van der Waals surface area contributed by atoms with Gasteiger partial charge < -0.3 is 15.0 Å². The number of benzene rings is 1. The summed E-state index contributed by atoms with van der Waals surface area (Å²) >= 11 is 0. The molecule has 1 atom stereocenters. The molecule has 1 aliphatic rings. The summed E-state index contributed by atoms with van der Waals surface area (Å²) in [5.74, 6) is 0.839. The summed E-state index contributed by atoms with van der Waals surface area (Å²) in [5.41, 5.74) is 3.61. The number of carbonyl (C=O) groups excluding carboxylic acids is 1. The first-order valence-corrected chi connectivity index (χ1v) is 9.22. The van der Waals surface area contributed by atoms with Gasteiger partial charge in [-0.15, -0.1) is 0 Å². The first kappa shape index (κ1) is 18.2. The zero-order valence-electron chi connectivity index (χ0n) is 15.7. The fourth-order valence-electron chi connectivity index (χ4n) is 3.45. The van der Waals surface area contributed by atoms with Crippen LogP contribution in [0.4, 0.5) is 4.79 Å². The second-order valence-corrected chi connectivity index (χ2v) is 7.02. The Kier molecular flexibility index (Phi) is 5.76. The van der Waals surface area contributed by atoms with Crippen LogP contribution in [0.1, 0.15) is 42.5 Å². The summed E-state index contributed by atoms with van der Waals surface area (Å²) in [6, 6.07) is 10.1. The first-order chi connectivity index (χ1) is 12.5. The highest BCUT2D eigenvalue weighted by Gasteiger charge is 2.25. The Bertz CT molecular complexity index is 740. The number of amides is 2. The maximum Gasteiger partial charge on any atom is 0.317 e. The molecule has 1 N–H and O–H groups in total. The van der Waals surface area contributed by atoms with Crippen molar-refractivity contribution in [2.24, 2.45) is 0 Å². The van der Waals surface area contributed by atoms with Gasteiger partial charge in [-0.2, -0.15) is 0 Å². The van der Waals surface area contributed by atoms with E-state index < -0.39 is 0 Å². The van der Waals surface area contributed by atoms with Crippen molar-refractivity contribution < 1.29 is 9.53 Å². The molecule has 0 unspecified atom stereocenters. The van der Waals surface area contributed by atoms with Crippen molar-refractivity contribution in [1.29, 1.82) is 0 Å². The summed E-state index contributed by atoms with van der Waals surface area (Å²) in [6.07, 6.45) is 5.29. The molecule has 5 nitrogen and oxygen atoms in total. The standard InChI is InChI=1S/C21H27N3O2/c1-15-4-5-20(16(2)14-15)17(3)23-21(25)24-12-8-19(9-13-24)26-18-6-10-22-11-7-18/h4-7,10-11,14,17,19H,8-9,12-13H2,1-3H3,(H,23,25)/t17-/m0/s1.